The lowest BCUT2D eigenvalue weighted by Crippen LogP contribution is -2.46. The van der Waals surface area contributed by atoms with Gasteiger partial charge in [-0.05, 0) is 31.9 Å². The molecular weight excluding hydrogens is 347 g/mol. The lowest BCUT2D eigenvalue weighted by atomic mass is 9.94. The number of rotatable bonds is 4. The maximum atomic E-state index is 13.2. The van der Waals surface area contributed by atoms with Crippen molar-refractivity contribution in [3.8, 4) is 0 Å². The zero-order chi connectivity index (χ0) is 18.7. The molecule has 2 atom stereocenters. The monoisotopic (exact) mass is 367 g/mol. The lowest BCUT2D eigenvalue weighted by molar-refractivity contribution is -0.189. The van der Waals surface area contributed by atoms with Crippen molar-refractivity contribution in [1.29, 1.82) is 0 Å². The molecule has 0 aliphatic carbocycles. The number of likely N-dealkylation sites (tertiary alicyclic amines) is 1. The van der Waals surface area contributed by atoms with Gasteiger partial charge in [0.05, 0.1) is 5.92 Å². The van der Waals surface area contributed by atoms with Gasteiger partial charge in [-0.3, -0.25) is 9.69 Å². The molecule has 26 heavy (non-hydrogen) atoms. The van der Waals surface area contributed by atoms with Gasteiger partial charge < -0.3 is 9.84 Å². The van der Waals surface area contributed by atoms with E-state index in [1.807, 2.05) is 0 Å². The quantitative estimate of drug-likeness (QED) is 0.889. The van der Waals surface area contributed by atoms with Crippen LogP contribution in [-0.2, 0) is 4.79 Å². The van der Waals surface area contributed by atoms with Gasteiger partial charge in [0.25, 0.3) is 0 Å². The van der Waals surface area contributed by atoms with Crippen LogP contribution in [0.2, 0.25) is 0 Å². The number of aromatic nitrogens is 1. The number of alkyl halides is 3. The summed E-state index contributed by atoms with van der Waals surface area (Å²) in [6, 6.07) is 9.56. The molecule has 3 rings (SSSR count). The van der Waals surface area contributed by atoms with Crippen LogP contribution in [0.5, 0.6) is 0 Å². The summed E-state index contributed by atoms with van der Waals surface area (Å²) in [5.41, 5.74) is 0.646. The Morgan fingerprint density at radius 3 is 2.69 bits per heavy atom. The molecule has 0 spiro atoms. The first-order valence-electron chi connectivity index (χ1n) is 8.44. The Hall–Kier alpha value is -2.35. The highest BCUT2D eigenvalue weighted by Crippen LogP contribution is 2.36. The molecular formula is C18H20F3N3O2. The van der Waals surface area contributed by atoms with Crippen molar-refractivity contribution in [3.63, 3.8) is 0 Å². The molecule has 1 fully saturated rings. The van der Waals surface area contributed by atoms with Gasteiger partial charge in [-0.25, -0.2) is 0 Å². The van der Waals surface area contributed by atoms with Crippen LogP contribution in [-0.4, -0.2) is 35.2 Å². The summed E-state index contributed by atoms with van der Waals surface area (Å²) in [6.07, 6.45) is -3.78. The standard InChI is InChI=1S/C18H20F3N3O2/c1-12-10-15(23-26-12)22-17(25)16(13-6-3-2-4-7-13)24-9-5-8-14(11-24)18(19,20)21/h2-4,6-7,10,14,16H,5,8-9,11H2,1H3,(H,22,23,25)/t14-,16-/m1/s1. The molecule has 1 aromatic heterocycles. The number of amides is 1. The van der Waals surface area contributed by atoms with E-state index in [1.54, 1.807) is 48.2 Å². The van der Waals surface area contributed by atoms with Crippen molar-refractivity contribution < 1.29 is 22.5 Å². The van der Waals surface area contributed by atoms with Crippen molar-refractivity contribution in [3.05, 3.63) is 47.7 Å². The third kappa shape index (κ3) is 4.24. The molecule has 2 aromatic rings. The Bertz CT molecular complexity index is 746. The minimum absolute atomic E-state index is 0.0889. The molecule has 1 N–H and O–H groups in total. The van der Waals surface area contributed by atoms with E-state index in [0.29, 0.717) is 24.3 Å². The van der Waals surface area contributed by atoms with E-state index in [0.717, 1.165) is 0 Å². The highest BCUT2D eigenvalue weighted by atomic mass is 19.4. The molecule has 1 amide bonds. The lowest BCUT2D eigenvalue weighted by Gasteiger charge is -2.38. The van der Waals surface area contributed by atoms with Gasteiger partial charge in [-0.1, -0.05) is 35.5 Å². The molecule has 140 valence electrons. The van der Waals surface area contributed by atoms with Gasteiger partial charge in [0.2, 0.25) is 5.91 Å². The minimum atomic E-state index is -4.26. The Labute approximate surface area is 149 Å². The predicted molar refractivity (Wildman–Crippen MR) is 89.4 cm³/mol. The first-order valence-corrected chi connectivity index (χ1v) is 8.44. The van der Waals surface area contributed by atoms with Crippen molar-refractivity contribution >= 4 is 11.7 Å². The fourth-order valence-electron chi connectivity index (χ4n) is 3.29. The summed E-state index contributed by atoms with van der Waals surface area (Å²) in [5.74, 6) is -1.07. The average Bonchev–Trinajstić information content (AvgIpc) is 3.00. The topological polar surface area (TPSA) is 58.4 Å². The summed E-state index contributed by atoms with van der Waals surface area (Å²) >= 11 is 0. The summed E-state index contributed by atoms with van der Waals surface area (Å²) in [5, 5.41) is 6.37. The normalized spacial score (nSPS) is 19.9. The Kier molecular flexibility index (Phi) is 5.31. The number of carbonyl (C=O) groups excluding carboxylic acids is 1. The predicted octanol–water partition coefficient (Wildman–Crippen LogP) is 3.94. The zero-order valence-electron chi connectivity index (χ0n) is 14.3. The fourth-order valence-corrected chi connectivity index (χ4v) is 3.29. The van der Waals surface area contributed by atoms with E-state index >= 15 is 0 Å². The van der Waals surface area contributed by atoms with Crippen molar-refractivity contribution in [2.24, 2.45) is 5.92 Å². The number of piperidine rings is 1. The zero-order valence-corrected chi connectivity index (χ0v) is 14.3. The number of anilines is 1. The average molecular weight is 367 g/mol. The maximum absolute atomic E-state index is 13.2. The van der Waals surface area contributed by atoms with Crippen LogP contribution in [0.1, 0.15) is 30.2 Å². The van der Waals surface area contributed by atoms with Gasteiger partial charge in [-0.2, -0.15) is 13.2 Å². The fraction of sp³-hybridized carbons (Fsp3) is 0.444. The van der Waals surface area contributed by atoms with Gasteiger partial charge in [0.1, 0.15) is 11.8 Å². The Balaban J connectivity index is 1.85. The third-order valence-electron chi connectivity index (χ3n) is 4.52. The molecule has 0 radical (unpaired) electrons. The number of hydrogen-bond donors (Lipinski definition) is 1. The number of nitrogens with zero attached hydrogens (tertiary/aromatic N) is 2. The summed E-state index contributed by atoms with van der Waals surface area (Å²) in [6.45, 7) is 1.92. The van der Waals surface area contributed by atoms with Gasteiger partial charge in [0, 0.05) is 12.6 Å². The van der Waals surface area contributed by atoms with Gasteiger partial charge in [0.15, 0.2) is 5.82 Å². The second-order valence-electron chi connectivity index (χ2n) is 6.50. The molecule has 5 nitrogen and oxygen atoms in total. The summed E-state index contributed by atoms with van der Waals surface area (Å²) < 4.78 is 44.5. The van der Waals surface area contributed by atoms with Gasteiger partial charge in [-0.15, -0.1) is 0 Å². The molecule has 1 aliphatic heterocycles. The van der Waals surface area contributed by atoms with Crippen LogP contribution in [0.3, 0.4) is 0 Å². The Morgan fingerprint density at radius 2 is 2.08 bits per heavy atom. The Morgan fingerprint density at radius 1 is 1.35 bits per heavy atom. The van der Waals surface area contributed by atoms with Crippen molar-refractivity contribution in [2.75, 3.05) is 18.4 Å². The van der Waals surface area contributed by atoms with Crippen molar-refractivity contribution in [2.45, 2.75) is 32.0 Å². The number of halogens is 3. The molecule has 1 aliphatic rings. The number of benzene rings is 1. The maximum Gasteiger partial charge on any atom is 0.393 e. The highest BCUT2D eigenvalue weighted by Gasteiger charge is 2.44. The SMILES string of the molecule is Cc1cc(NC(=O)[C@@H](c2ccccc2)N2CCC[C@@H](C(F)(F)F)C2)no1. The van der Waals surface area contributed by atoms with Crippen LogP contribution >= 0.6 is 0 Å². The molecule has 0 saturated carbocycles. The van der Waals surface area contributed by atoms with E-state index in [-0.39, 0.29) is 18.8 Å². The molecule has 0 unspecified atom stereocenters. The molecule has 0 bridgehead atoms. The van der Waals surface area contributed by atoms with E-state index in [1.165, 1.54) is 0 Å². The minimum Gasteiger partial charge on any atom is -0.360 e. The molecule has 1 aromatic carbocycles. The first-order chi connectivity index (χ1) is 12.3. The molecule has 1 saturated heterocycles. The highest BCUT2D eigenvalue weighted by molar-refractivity contribution is 5.94. The van der Waals surface area contributed by atoms with Crippen LogP contribution in [0.25, 0.3) is 0 Å². The first kappa shape index (κ1) is 18.4. The molecule has 2 heterocycles. The van der Waals surface area contributed by atoms with Crippen LogP contribution in [0.4, 0.5) is 19.0 Å². The van der Waals surface area contributed by atoms with E-state index in [9.17, 15) is 18.0 Å². The number of nitrogens with one attached hydrogen (secondary N) is 1. The van der Waals surface area contributed by atoms with Crippen LogP contribution < -0.4 is 5.32 Å². The summed E-state index contributed by atoms with van der Waals surface area (Å²) in [4.78, 5) is 14.5. The second-order valence-corrected chi connectivity index (χ2v) is 6.50. The summed E-state index contributed by atoms with van der Waals surface area (Å²) in [7, 11) is 0. The van der Waals surface area contributed by atoms with Gasteiger partial charge >= 0.3 is 6.18 Å². The number of carbonyl (C=O) groups is 1. The largest absolute Gasteiger partial charge is 0.393 e. The van der Waals surface area contributed by atoms with E-state index in [2.05, 4.69) is 10.5 Å². The van der Waals surface area contributed by atoms with E-state index in [4.69, 9.17) is 4.52 Å². The van der Waals surface area contributed by atoms with Crippen LogP contribution in [0, 0.1) is 12.8 Å². The second kappa shape index (κ2) is 7.49. The van der Waals surface area contributed by atoms with Crippen LogP contribution in [0.15, 0.2) is 40.9 Å². The van der Waals surface area contributed by atoms with Crippen molar-refractivity contribution in [1.82, 2.24) is 10.1 Å². The smallest absolute Gasteiger partial charge is 0.360 e. The van der Waals surface area contributed by atoms with E-state index < -0.39 is 24.0 Å². The molecule has 8 heteroatoms. The third-order valence-corrected chi connectivity index (χ3v) is 4.52. The number of aryl methyl sites for hydroxylation is 1. The number of hydrogen-bond acceptors (Lipinski definition) is 4.